The molecule has 0 unspecified atom stereocenters. The normalized spacial score (nSPS) is 11.5. The van der Waals surface area contributed by atoms with E-state index in [4.69, 9.17) is 16.7 Å². The minimum atomic E-state index is -4.93. The summed E-state index contributed by atoms with van der Waals surface area (Å²) in [6, 6.07) is 1.23. The van der Waals surface area contributed by atoms with Crippen LogP contribution in [0.4, 0.5) is 17.6 Å². The molecule has 0 saturated carbocycles. The van der Waals surface area contributed by atoms with Gasteiger partial charge < -0.3 is 9.90 Å². The van der Waals surface area contributed by atoms with Crippen LogP contribution in [0.2, 0.25) is 5.02 Å². The van der Waals surface area contributed by atoms with E-state index in [2.05, 4.69) is 5.10 Å². The highest BCUT2D eigenvalue weighted by molar-refractivity contribution is 6.33. The fourth-order valence-corrected chi connectivity index (χ4v) is 2.20. The quantitative estimate of drug-likeness (QED) is 0.679. The maximum atomic E-state index is 14.0. The first kappa shape index (κ1) is 16.9. The fourth-order valence-electron chi connectivity index (χ4n) is 1.97. The summed E-state index contributed by atoms with van der Waals surface area (Å²) in [6.07, 6.45) is -4.48. The average molecular weight is 351 g/mol. The lowest BCUT2D eigenvalue weighted by atomic mass is 10.1. The van der Waals surface area contributed by atoms with E-state index in [-0.39, 0.29) is 11.0 Å². The average Bonchev–Trinajstić information content (AvgIpc) is 2.82. The zero-order chi connectivity index (χ0) is 17.4. The highest BCUT2D eigenvalue weighted by atomic mass is 35.5. The van der Waals surface area contributed by atoms with E-state index in [0.29, 0.717) is 12.1 Å². The van der Waals surface area contributed by atoms with Gasteiger partial charge in [0.15, 0.2) is 5.69 Å². The second-order valence-corrected chi connectivity index (χ2v) is 4.79. The molecule has 10 heteroatoms. The molecule has 0 bridgehead atoms. The number of carboxylic acid groups (broad SMARTS) is 1. The molecule has 0 spiro atoms. The van der Waals surface area contributed by atoms with Gasteiger partial charge in [-0.15, -0.1) is 0 Å². The number of aromatic nitrogens is 2. The molecule has 5 nitrogen and oxygen atoms in total. The van der Waals surface area contributed by atoms with Gasteiger partial charge >= 0.3 is 12.1 Å². The van der Waals surface area contributed by atoms with Gasteiger partial charge in [0.2, 0.25) is 0 Å². The van der Waals surface area contributed by atoms with Crippen molar-refractivity contribution in [2.24, 2.45) is 0 Å². The van der Waals surface area contributed by atoms with Crippen molar-refractivity contribution in [1.82, 2.24) is 9.78 Å². The lowest BCUT2D eigenvalue weighted by Gasteiger charge is -2.13. The van der Waals surface area contributed by atoms with Crippen molar-refractivity contribution in [3.63, 3.8) is 0 Å². The lowest BCUT2D eigenvalue weighted by molar-refractivity contribution is -0.143. The van der Waals surface area contributed by atoms with E-state index in [9.17, 15) is 27.2 Å². The molecular weight excluding hydrogens is 344 g/mol. The number of alkyl halides is 3. The predicted octanol–water partition coefficient (Wildman–Crippen LogP) is 3.12. The topological polar surface area (TPSA) is 72.2 Å². The van der Waals surface area contributed by atoms with Crippen LogP contribution in [0.5, 0.6) is 0 Å². The van der Waals surface area contributed by atoms with Crippen LogP contribution in [0.25, 0.3) is 5.69 Å². The number of halogens is 5. The van der Waals surface area contributed by atoms with Gasteiger partial charge in [0.25, 0.3) is 0 Å². The number of aromatic carboxylic acids is 1. The highest BCUT2D eigenvalue weighted by Crippen LogP contribution is 2.35. The smallest absolute Gasteiger partial charge is 0.433 e. The molecule has 0 radical (unpaired) electrons. The van der Waals surface area contributed by atoms with Crippen molar-refractivity contribution in [1.29, 1.82) is 0 Å². The predicted molar refractivity (Wildman–Crippen MR) is 70.3 cm³/mol. The summed E-state index contributed by atoms with van der Waals surface area (Å²) < 4.78 is 53.7. The number of nitrogens with zero attached hydrogens (tertiary/aromatic N) is 2. The molecular formula is C13H7ClF4N2O3. The summed E-state index contributed by atoms with van der Waals surface area (Å²) in [5.74, 6) is -2.73. The minimum absolute atomic E-state index is 0.205. The van der Waals surface area contributed by atoms with Crippen molar-refractivity contribution in [3.05, 3.63) is 46.0 Å². The molecule has 1 aromatic carbocycles. The van der Waals surface area contributed by atoms with Crippen LogP contribution in [-0.2, 0) is 17.4 Å². The second kappa shape index (κ2) is 5.99. The van der Waals surface area contributed by atoms with E-state index in [0.717, 1.165) is 6.20 Å². The Bertz CT molecular complexity index is 786. The van der Waals surface area contributed by atoms with Crippen LogP contribution in [0.3, 0.4) is 0 Å². The Hall–Kier alpha value is -2.42. The number of benzene rings is 1. The third-order valence-electron chi connectivity index (χ3n) is 2.91. The largest absolute Gasteiger partial charge is 0.478 e. The van der Waals surface area contributed by atoms with Gasteiger partial charge in [-0.05, 0) is 12.1 Å². The molecule has 0 amide bonds. The van der Waals surface area contributed by atoms with Crippen molar-refractivity contribution in [3.8, 4) is 5.69 Å². The van der Waals surface area contributed by atoms with Crippen LogP contribution in [0.15, 0.2) is 18.3 Å². The molecule has 1 aromatic heterocycles. The number of hydrogen-bond acceptors (Lipinski definition) is 3. The number of carbonyl (C=O) groups is 2. The zero-order valence-corrected chi connectivity index (χ0v) is 11.8. The molecule has 23 heavy (non-hydrogen) atoms. The van der Waals surface area contributed by atoms with E-state index in [1.165, 1.54) is 0 Å². The van der Waals surface area contributed by atoms with Crippen molar-refractivity contribution in [2.75, 3.05) is 0 Å². The molecule has 0 aliphatic heterocycles. The van der Waals surface area contributed by atoms with Crippen LogP contribution < -0.4 is 0 Å². The Balaban J connectivity index is 2.75. The second-order valence-electron chi connectivity index (χ2n) is 4.39. The third kappa shape index (κ3) is 3.19. The van der Waals surface area contributed by atoms with Gasteiger partial charge in [0.1, 0.15) is 17.8 Å². The van der Waals surface area contributed by atoms with Crippen LogP contribution in [0.1, 0.15) is 21.6 Å². The SMILES string of the molecule is O=CCc1cnn(-c2cc(C(=O)O)c(Cl)cc2F)c1C(F)(F)F. The maximum absolute atomic E-state index is 14.0. The number of carbonyl (C=O) groups excluding carboxylic acids is 1. The summed E-state index contributed by atoms with van der Waals surface area (Å²) in [7, 11) is 0. The molecule has 2 rings (SSSR count). The molecule has 2 aromatic rings. The van der Waals surface area contributed by atoms with Gasteiger partial charge in [0.05, 0.1) is 16.8 Å². The van der Waals surface area contributed by atoms with Gasteiger partial charge in [-0.1, -0.05) is 11.6 Å². The maximum Gasteiger partial charge on any atom is 0.433 e. The zero-order valence-electron chi connectivity index (χ0n) is 11.1. The Morgan fingerprint density at radius 1 is 1.39 bits per heavy atom. The number of hydrogen-bond donors (Lipinski definition) is 1. The van der Waals surface area contributed by atoms with Gasteiger partial charge in [-0.25, -0.2) is 13.9 Å². The van der Waals surface area contributed by atoms with Crippen LogP contribution in [-0.4, -0.2) is 27.1 Å². The Morgan fingerprint density at radius 3 is 2.57 bits per heavy atom. The molecule has 1 heterocycles. The lowest BCUT2D eigenvalue weighted by Crippen LogP contribution is -2.17. The fraction of sp³-hybridized carbons (Fsp3) is 0.154. The number of rotatable bonds is 4. The summed E-state index contributed by atoms with van der Waals surface area (Å²) in [5.41, 5.74) is -3.14. The Morgan fingerprint density at radius 2 is 2.04 bits per heavy atom. The van der Waals surface area contributed by atoms with Gasteiger partial charge in [-0.3, -0.25) is 0 Å². The third-order valence-corrected chi connectivity index (χ3v) is 3.22. The minimum Gasteiger partial charge on any atom is -0.478 e. The first-order valence-corrected chi connectivity index (χ1v) is 6.35. The summed E-state index contributed by atoms with van der Waals surface area (Å²) >= 11 is 5.55. The van der Waals surface area contributed by atoms with E-state index in [1.54, 1.807) is 0 Å². The summed E-state index contributed by atoms with van der Waals surface area (Å²) in [4.78, 5) is 21.5. The number of aldehydes is 1. The molecule has 0 aliphatic rings. The van der Waals surface area contributed by atoms with E-state index >= 15 is 0 Å². The summed E-state index contributed by atoms with van der Waals surface area (Å²) in [6.45, 7) is 0. The van der Waals surface area contributed by atoms with Crippen molar-refractivity contribution in [2.45, 2.75) is 12.6 Å². The monoisotopic (exact) mass is 350 g/mol. The molecule has 1 N–H and O–H groups in total. The van der Waals surface area contributed by atoms with Crippen LogP contribution in [0, 0.1) is 5.82 Å². The van der Waals surface area contributed by atoms with Crippen molar-refractivity contribution < 1.29 is 32.3 Å². The molecule has 0 atom stereocenters. The molecule has 0 saturated heterocycles. The highest BCUT2D eigenvalue weighted by Gasteiger charge is 2.39. The van der Waals surface area contributed by atoms with E-state index < -0.39 is 51.9 Å². The first-order chi connectivity index (χ1) is 10.7. The molecule has 0 fully saturated rings. The molecule has 122 valence electrons. The first-order valence-electron chi connectivity index (χ1n) is 5.97. The summed E-state index contributed by atoms with van der Waals surface area (Å²) in [5, 5.41) is 11.9. The Labute approximate surface area is 131 Å². The Kier molecular flexibility index (Phi) is 4.42. The van der Waals surface area contributed by atoms with E-state index in [1.807, 2.05) is 0 Å². The standard InChI is InChI=1S/C13H7ClF4N2O3/c14-8-4-9(15)10(3-7(8)12(22)23)20-11(13(16,17)18)6(1-2-21)5-19-20/h2-5H,1H2,(H,22,23). The van der Waals surface area contributed by atoms with Crippen LogP contribution >= 0.6 is 11.6 Å². The van der Waals surface area contributed by atoms with Gasteiger partial charge in [-0.2, -0.15) is 18.3 Å². The van der Waals surface area contributed by atoms with Gasteiger partial charge in [0, 0.05) is 12.0 Å². The van der Waals surface area contributed by atoms with Crippen molar-refractivity contribution >= 4 is 23.9 Å². The number of carboxylic acids is 1. The molecule has 0 aliphatic carbocycles.